The Labute approximate surface area is 139 Å². The lowest BCUT2D eigenvalue weighted by molar-refractivity contribution is -0.932. The fraction of sp³-hybridized carbons (Fsp3) is 0.278. The second-order valence-corrected chi connectivity index (χ2v) is 6.84. The number of phenolic OH excluding ortho intramolecular Hbond substituents is 1. The Morgan fingerprint density at radius 3 is 2.78 bits per heavy atom. The van der Waals surface area contributed by atoms with Gasteiger partial charge in [-0.2, -0.15) is 0 Å². The van der Waals surface area contributed by atoms with Crippen LogP contribution in [0.15, 0.2) is 48.0 Å². The number of aromatic amines is 1. The van der Waals surface area contributed by atoms with E-state index in [4.69, 9.17) is 4.74 Å². The molecule has 0 aliphatic carbocycles. The van der Waals surface area contributed by atoms with Crippen molar-refractivity contribution >= 4 is 22.2 Å². The number of hydrogen-bond donors (Lipinski definition) is 2. The summed E-state index contributed by atoms with van der Waals surface area (Å²) < 4.78 is 5.52. The number of nitrogens with one attached hydrogen (secondary N) is 2. The Morgan fingerprint density at radius 2 is 2.00 bits per heavy atom. The van der Waals surface area contributed by atoms with E-state index in [2.05, 4.69) is 34.6 Å². The van der Waals surface area contributed by atoms with Gasteiger partial charge < -0.3 is 14.7 Å². The number of aromatic nitrogens is 1. The minimum atomic E-state index is 0.150. The Morgan fingerprint density at radius 1 is 1.13 bits per heavy atom. The Balaban J connectivity index is 1.84. The van der Waals surface area contributed by atoms with E-state index in [-0.39, 0.29) is 6.04 Å². The van der Waals surface area contributed by atoms with Gasteiger partial charge in [0.05, 0.1) is 29.0 Å². The van der Waals surface area contributed by atoms with Crippen LogP contribution in [0.4, 0.5) is 0 Å². The quantitative estimate of drug-likeness (QED) is 0.764. The van der Waals surface area contributed by atoms with E-state index in [0.29, 0.717) is 5.75 Å². The van der Waals surface area contributed by atoms with Crippen LogP contribution < -0.4 is 9.88 Å². The van der Waals surface area contributed by atoms with Gasteiger partial charge in [-0.3, -0.25) is 0 Å². The zero-order valence-electron chi connectivity index (χ0n) is 12.8. The lowest BCUT2D eigenvalue weighted by atomic mass is 9.99. The molecule has 1 fully saturated rings. The normalized spacial score (nSPS) is 17.4. The number of pyridine rings is 1. The molecule has 1 unspecified atom stereocenters. The summed E-state index contributed by atoms with van der Waals surface area (Å²) in [4.78, 5) is 5.92. The molecule has 0 spiro atoms. The smallest absolute Gasteiger partial charge is 0.253 e. The van der Waals surface area contributed by atoms with Gasteiger partial charge in [-0.15, -0.1) is 11.3 Å². The van der Waals surface area contributed by atoms with Crippen LogP contribution in [-0.4, -0.2) is 31.4 Å². The number of phenols is 1. The molecule has 1 saturated heterocycles. The second kappa shape index (κ2) is 6.28. The zero-order chi connectivity index (χ0) is 15.6. The van der Waals surface area contributed by atoms with Crippen molar-refractivity contribution in [2.24, 2.45) is 0 Å². The summed E-state index contributed by atoms with van der Waals surface area (Å²) in [5, 5.41) is 14.0. The first-order valence-corrected chi connectivity index (χ1v) is 8.80. The van der Waals surface area contributed by atoms with Crippen LogP contribution in [0.1, 0.15) is 16.5 Å². The molecule has 1 atom stereocenters. The van der Waals surface area contributed by atoms with Crippen LogP contribution in [0.3, 0.4) is 0 Å². The number of hydrogen-bond acceptors (Lipinski definition) is 3. The molecule has 0 radical (unpaired) electrons. The monoisotopic (exact) mass is 328 g/mol. The van der Waals surface area contributed by atoms with Gasteiger partial charge in [0.15, 0.2) is 18.0 Å². The molecule has 23 heavy (non-hydrogen) atoms. The molecular formula is C18H20N2O2S+2. The SMILES string of the molecule is Oc1c(C(c2cccs2)[NH+]2CCOCC2)ccc2ccc[nH+]c12. The van der Waals surface area contributed by atoms with Crippen LogP contribution in [-0.2, 0) is 4.74 Å². The van der Waals surface area contributed by atoms with E-state index in [1.54, 1.807) is 11.3 Å². The van der Waals surface area contributed by atoms with Gasteiger partial charge in [0.2, 0.25) is 0 Å². The molecule has 0 saturated carbocycles. The van der Waals surface area contributed by atoms with E-state index < -0.39 is 0 Å². The van der Waals surface area contributed by atoms with Crippen molar-refractivity contribution in [3.63, 3.8) is 0 Å². The molecule has 0 amide bonds. The van der Waals surface area contributed by atoms with Crippen molar-refractivity contribution < 1.29 is 19.7 Å². The van der Waals surface area contributed by atoms with Crippen molar-refractivity contribution in [1.82, 2.24) is 0 Å². The molecule has 3 N–H and O–H groups in total. The average Bonchev–Trinajstić information content (AvgIpc) is 3.13. The molecule has 118 valence electrons. The number of rotatable bonds is 3. The van der Waals surface area contributed by atoms with Gasteiger partial charge in [0, 0.05) is 6.07 Å². The minimum Gasteiger partial charge on any atom is -0.502 e. The van der Waals surface area contributed by atoms with Crippen LogP contribution in [0, 0.1) is 0 Å². The van der Waals surface area contributed by atoms with Crippen molar-refractivity contribution in [3.8, 4) is 5.75 Å². The Kier molecular flexibility index (Phi) is 3.99. The fourth-order valence-electron chi connectivity index (χ4n) is 3.38. The summed E-state index contributed by atoms with van der Waals surface area (Å²) in [6.07, 6.45) is 1.85. The van der Waals surface area contributed by atoms with Gasteiger partial charge in [0.25, 0.3) is 5.52 Å². The lowest BCUT2D eigenvalue weighted by Crippen LogP contribution is -3.14. The van der Waals surface area contributed by atoms with E-state index in [0.717, 1.165) is 42.8 Å². The molecule has 4 rings (SSSR count). The van der Waals surface area contributed by atoms with Crippen LogP contribution in [0.5, 0.6) is 5.75 Å². The average molecular weight is 328 g/mol. The number of aromatic hydroxyl groups is 1. The third-order valence-corrected chi connectivity index (χ3v) is 5.46. The zero-order valence-corrected chi connectivity index (χ0v) is 13.6. The van der Waals surface area contributed by atoms with Gasteiger partial charge in [-0.05, 0) is 29.6 Å². The number of H-pyrrole nitrogens is 1. The topological polar surface area (TPSA) is 48.0 Å². The predicted octanol–water partition coefficient (Wildman–Crippen LogP) is 1.43. The molecule has 4 nitrogen and oxygen atoms in total. The maximum Gasteiger partial charge on any atom is 0.253 e. The van der Waals surface area contributed by atoms with E-state index >= 15 is 0 Å². The summed E-state index contributed by atoms with van der Waals surface area (Å²) in [7, 11) is 0. The first kappa shape index (κ1) is 14.6. The molecule has 5 heteroatoms. The summed E-state index contributed by atoms with van der Waals surface area (Å²) in [6.45, 7) is 3.46. The number of morpholine rings is 1. The third kappa shape index (κ3) is 2.72. The first-order valence-electron chi connectivity index (χ1n) is 7.92. The molecule has 0 bridgehead atoms. The highest BCUT2D eigenvalue weighted by Gasteiger charge is 2.32. The molecular weight excluding hydrogens is 308 g/mol. The van der Waals surface area contributed by atoms with Gasteiger partial charge in [-0.1, -0.05) is 6.07 Å². The van der Waals surface area contributed by atoms with Crippen LogP contribution in [0.2, 0.25) is 0 Å². The lowest BCUT2D eigenvalue weighted by Gasteiger charge is -2.31. The Bertz CT molecular complexity index is 798. The summed E-state index contributed by atoms with van der Waals surface area (Å²) in [5.74, 6) is 0.362. The summed E-state index contributed by atoms with van der Waals surface area (Å²) in [6, 6.07) is 12.5. The molecule has 1 aliphatic heterocycles. The first-order chi connectivity index (χ1) is 11.3. The fourth-order valence-corrected chi connectivity index (χ4v) is 4.28. The number of quaternary nitrogens is 1. The number of benzene rings is 1. The highest BCUT2D eigenvalue weighted by molar-refractivity contribution is 7.10. The van der Waals surface area contributed by atoms with Crippen molar-refractivity contribution in [3.05, 3.63) is 58.4 Å². The van der Waals surface area contributed by atoms with Gasteiger partial charge >= 0.3 is 0 Å². The number of ether oxygens (including phenoxy) is 1. The predicted molar refractivity (Wildman–Crippen MR) is 89.8 cm³/mol. The minimum absolute atomic E-state index is 0.150. The second-order valence-electron chi connectivity index (χ2n) is 5.86. The molecule has 3 heterocycles. The molecule has 1 aliphatic rings. The highest BCUT2D eigenvalue weighted by atomic mass is 32.1. The van der Waals surface area contributed by atoms with Crippen molar-refractivity contribution in [2.45, 2.75) is 6.04 Å². The standard InChI is InChI=1S/C18H18N2O2S/c21-18-14(6-5-13-3-1-7-19-16(13)18)17(15-4-2-12-23-15)20-8-10-22-11-9-20/h1-7,12,17,21H,8-11H2/p+2. The number of fused-ring (bicyclic) bond motifs is 1. The van der Waals surface area contributed by atoms with E-state index in [1.807, 2.05) is 18.3 Å². The number of thiophene rings is 1. The van der Waals surface area contributed by atoms with Gasteiger partial charge in [0.1, 0.15) is 13.1 Å². The highest BCUT2D eigenvalue weighted by Crippen LogP contribution is 2.33. The summed E-state index contributed by atoms with van der Waals surface area (Å²) >= 11 is 1.75. The third-order valence-electron chi connectivity index (χ3n) is 4.52. The molecule has 1 aromatic carbocycles. The largest absolute Gasteiger partial charge is 0.502 e. The van der Waals surface area contributed by atoms with Crippen molar-refractivity contribution in [1.29, 1.82) is 0 Å². The maximum absolute atomic E-state index is 10.9. The van der Waals surface area contributed by atoms with Crippen LogP contribution >= 0.6 is 11.3 Å². The van der Waals surface area contributed by atoms with E-state index in [1.165, 1.54) is 9.78 Å². The van der Waals surface area contributed by atoms with E-state index in [9.17, 15) is 5.11 Å². The van der Waals surface area contributed by atoms with Gasteiger partial charge in [-0.25, -0.2) is 4.98 Å². The Hall–Kier alpha value is -1.95. The van der Waals surface area contributed by atoms with Crippen LogP contribution in [0.25, 0.3) is 10.9 Å². The molecule has 2 aromatic heterocycles. The van der Waals surface area contributed by atoms with Crippen molar-refractivity contribution in [2.75, 3.05) is 26.3 Å². The maximum atomic E-state index is 10.9. The molecule has 3 aromatic rings. The summed E-state index contributed by atoms with van der Waals surface area (Å²) in [5.41, 5.74) is 1.79.